The molecule has 162 valence electrons. The van der Waals surface area contributed by atoms with E-state index in [9.17, 15) is 33.6 Å². The van der Waals surface area contributed by atoms with Gasteiger partial charge in [0.2, 0.25) is 17.7 Å². The van der Waals surface area contributed by atoms with Crippen molar-refractivity contribution in [3.05, 3.63) is 0 Å². The average molecular weight is 420 g/mol. The zero-order chi connectivity index (χ0) is 22.7. The van der Waals surface area contributed by atoms with Gasteiger partial charge >= 0.3 is 23.9 Å². The third-order valence-corrected chi connectivity index (χ3v) is 3.22. The first-order valence-corrected chi connectivity index (χ1v) is 7.85. The Morgan fingerprint density at radius 3 is 1.31 bits per heavy atom. The summed E-state index contributed by atoms with van der Waals surface area (Å²) in [5.41, 5.74) is 5.05. The molecule has 0 aromatic carbocycles. The van der Waals surface area contributed by atoms with Crippen molar-refractivity contribution in [3.63, 3.8) is 0 Å². The lowest BCUT2D eigenvalue weighted by Gasteiger charge is -2.22. The van der Waals surface area contributed by atoms with Gasteiger partial charge in [0.1, 0.15) is 18.1 Å². The molecule has 29 heavy (non-hydrogen) atoms. The molecule has 0 aliphatic carbocycles. The van der Waals surface area contributed by atoms with Crippen molar-refractivity contribution in [1.29, 1.82) is 0 Å². The molecule has 15 heteroatoms. The maximum atomic E-state index is 12.2. The molecule has 0 radical (unpaired) electrons. The van der Waals surface area contributed by atoms with Gasteiger partial charge < -0.3 is 42.1 Å². The zero-order valence-electron chi connectivity index (χ0n) is 14.8. The Kier molecular flexibility index (Phi) is 10.3. The monoisotopic (exact) mass is 420 g/mol. The lowest BCUT2D eigenvalue weighted by molar-refractivity contribution is -0.148. The molecule has 0 saturated carbocycles. The summed E-state index contributed by atoms with van der Waals surface area (Å²) in [7, 11) is 0. The van der Waals surface area contributed by atoms with Crippen molar-refractivity contribution in [2.24, 2.45) is 5.73 Å². The maximum absolute atomic E-state index is 12.2. The Morgan fingerprint density at radius 1 is 0.621 bits per heavy atom. The summed E-state index contributed by atoms with van der Waals surface area (Å²) >= 11 is 0. The van der Waals surface area contributed by atoms with Gasteiger partial charge in [-0.3, -0.25) is 28.8 Å². The summed E-state index contributed by atoms with van der Waals surface area (Å²) in [6.07, 6.45) is -2.99. The zero-order valence-corrected chi connectivity index (χ0v) is 14.8. The second-order valence-corrected chi connectivity index (χ2v) is 5.58. The second-order valence-electron chi connectivity index (χ2n) is 5.58. The molecule has 0 spiro atoms. The van der Waals surface area contributed by atoms with Gasteiger partial charge in [0.15, 0.2) is 0 Å². The summed E-state index contributed by atoms with van der Waals surface area (Å²) in [5.74, 6) is -9.87. The van der Waals surface area contributed by atoms with E-state index in [1.807, 2.05) is 10.6 Å². The first-order valence-electron chi connectivity index (χ1n) is 7.85. The van der Waals surface area contributed by atoms with Crippen molar-refractivity contribution in [3.8, 4) is 0 Å². The van der Waals surface area contributed by atoms with E-state index >= 15 is 0 Å². The number of carboxylic acid groups (broad SMARTS) is 4. The van der Waals surface area contributed by atoms with Gasteiger partial charge in [-0.25, -0.2) is 4.79 Å². The highest BCUT2D eigenvalue weighted by atomic mass is 16.4. The Morgan fingerprint density at radius 2 is 0.966 bits per heavy atom. The average Bonchev–Trinajstić information content (AvgIpc) is 2.58. The molecular formula is C14H20N4O11. The van der Waals surface area contributed by atoms with Crippen molar-refractivity contribution in [2.45, 2.75) is 37.4 Å². The summed E-state index contributed by atoms with van der Waals surface area (Å²) in [6, 6.07) is -5.51. The minimum Gasteiger partial charge on any atom is -0.481 e. The number of amides is 3. The molecule has 0 saturated heterocycles. The van der Waals surface area contributed by atoms with Crippen LogP contribution >= 0.6 is 0 Å². The van der Waals surface area contributed by atoms with Gasteiger partial charge in [-0.2, -0.15) is 0 Å². The van der Waals surface area contributed by atoms with Crippen molar-refractivity contribution in [1.82, 2.24) is 16.0 Å². The molecule has 3 atom stereocenters. The van der Waals surface area contributed by atoms with Crippen LogP contribution in [-0.2, 0) is 33.6 Å². The minimum atomic E-state index is -1.92. The molecule has 9 N–H and O–H groups in total. The topological polar surface area (TPSA) is 263 Å². The Hall–Kier alpha value is -3.75. The first kappa shape index (κ1) is 25.2. The van der Waals surface area contributed by atoms with E-state index in [-0.39, 0.29) is 0 Å². The van der Waals surface area contributed by atoms with Gasteiger partial charge in [-0.1, -0.05) is 0 Å². The molecule has 0 aromatic heterocycles. The highest BCUT2D eigenvalue weighted by Gasteiger charge is 2.32. The molecule has 0 fully saturated rings. The summed E-state index contributed by atoms with van der Waals surface area (Å²) in [4.78, 5) is 79.2. The van der Waals surface area contributed by atoms with Crippen LogP contribution in [0.25, 0.3) is 0 Å². The van der Waals surface area contributed by atoms with Crippen molar-refractivity contribution in [2.75, 3.05) is 6.54 Å². The standard InChI is InChI=1S/C14H20N4O11/c15-4-8(19)16-5(1-9(20)21)12(26)17-6(2-10(22)23)13(27)18-7(14(28)29)3-11(24)25/h5-7H,1-4,15H2,(H,16,19)(H,17,26)(H,18,27)(H,20,21)(H,22,23)(H,24,25)(H,28,29). The Balaban J connectivity index is 5.43. The largest absolute Gasteiger partial charge is 0.481 e. The molecule has 3 unspecified atom stereocenters. The van der Waals surface area contributed by atoms with Gasteiger partial charge in [0.05, 0.1) is 25.8 Å². The number of aliphatic carboxylic acids is 4. The normalized spacial score (nSPS) is 13.3. The quantitative estimate of drug-likeness (QED) is 0.141. The first-order chi connectivity index (χ1) is 13.4. The van der Waals surface area contributed by atoms with Crippen LogP contribution in [0.5, 0.6) is 0 Å². The van der Waals surface area contributed by atoms with E-state index in [1.165, 1.54) is 0 Å². The minimum absolute atomic E-state index is 0.585. The number of nitrogens with two attached hydrogens (primary N) is 1. The predicted molar refractivity (Wildman–Crippen MR) is 89.2 cm³/mol. The van der Waals surface area contributed by atoms with Crippen LogP contribution < -0.4 is 21.7 Å². The lowest BCUT2D eigenvalue weighted by Crippen LogP contribution is -2.57. The van der Waals surface area contributed by atoms with Crippen LogP contribution in [0.2, 0.25) is 0 Å². The molecule has 15 nitrogen and oxygen atoms in total. The molecule has 0 aliphatic heterocycles. The van der Waals surface area contributed by atoms with E-state index in [4.69, 9.17) is 26.2 Å². The molecule has 0 aliphatic rings. The molecular weight excluding hydrogens is 400 g/mol. The van der Waals surface area contributed by atoms with Crippen molar-refractivity contribution >= 4 is 41.6 Å². The van der Waals surface area contributed by atoms with Crippen LogP contribution in [-0.4, -0.2) is 86.7 Å². The summed E-state index contributed by atoms with van der Waals surface area (Å²) < 4.78 is 0. The van der Waals surface area contributed by atoms with Gasteiger partial charge in [-0.15, -0.1) is 0 Å². The fraction of sp³-hybridized carbons (Fsp3) is 0.500. The molecule has 0 rings (SSSR count). The predicted octanol–water partition coefficient (Wildman–Crippen LogP) is -4.09. The number of hydrogen-bond donors (Lipinski definition) is 8. The third kappa shape index (κ3) is 10.2. The fourth-order valence-corrected chi connectivity index (χ4v) is 1.94. The lowest BCUT2D eigenvalue weighted by atomic mass is 10.1. The maximum Gasteiger partial charge on any atom is 0.326 e. The molecule has 0 aromatic rings. The molecule has 0 bridgehead atoms. The summed E-state index contributed by atoms with van der Waals surface area (Å²) in [5, 5.41) is 40.9. The van der Waals surface area contributed by atoms with Crippen LogP contribution in [0, 0.1) is 0 Å². The smallest absolute Gasteiger partial charge is 0.326 e. The number of nitrogens with one attached hydrogen (secondary N) is 3. The highest BCUT2D eigenvalue weighted by molar-refractivity contribution is 5.96. The Bertz CT molecular complexity index is 693. The number of rotatable bonds is 13. The third-order valence-electron chi connectivity index (χ3n) is 3.22. The van der Waals surface area contributed by atoms with E-state index in [2.05, 4.69) is 0 Å². The Labute approximate surface area is 162 Å². The van der Waals surface area contributed by atoms with Crippen LogP contribution in [0.1, 0.15) is 19.3 Å². The van der Waals surface area contributed by atoms with Gasteiger partial charge in [0, 0.05) is 0 Å². The van der Waals surface area contributed by atoms with Gasteiger partial charge in [-0.05, 0) is 0 Å². The van der Waals surface area contributed by atoms with Crippen LogP contribution in [0.4, 0.5) is 0 Å². The van der Waals surface area contributed by atoms with E-state index < -0.39 is 85.5 Å². The van der Waals surface area contributed by atoms with E-state index in [0.29, 0.717) is 0 Å². The molecule has 0 heterocycles. The van der Waals surface area contributed by atoms with E-state index in [1.54, 1.807) is 5.32 Å². The molecule has 3 amide bonds. The van der Waals surface area contributed by atoms with Crippen LogP contribution in [0.3, 0.4) is 0 Å². The fourth-order valence-electron chi connectivity index (χ4n) is 1.94. The number of carboxylic acids is 4. The van der Waals surface area contributed by atoms with E-state index in [0.717, 1.165) is 0 Å². The summed E-state index contributed by atoms with van der Waals surface area (Å²) in [6.45, 7) is -0.585. The second kappa shape index (κ2) is 11.9. The highest BCUT2D eigenvalue weighted by Crippen LogP contribution is 2.01. The van der Waals surface area contributed by atoms with Gasteiger partial charge in [0.25, 0.3) is 0 Å². The SMILES string of the molecule is NCC(=O)NC(CC(=O)O)C(=O)NC(CC(=O)O)C(=O)NC(CC(=O)O)C(=O)O. The number of hydrogen-bond acceptors (Lipinski definition) is 8. The van der Waals surface area contributed by atoms with Crippen molar-refractivity contribution < 1.29 is 54.0 Å². The number of carbonyl (C=O) groups is 7. The van der Waals surface area contributed by atoms with Crippen LogP contribution in [0.15, 0.2) is 0 Å². The number of carbonyl (C=O) groups excluding carboxylic acids is 3.